The second-order valence-corrected chi connectivity index (χ2v) is 3.03. The van der Waals surface area contributed by atoms with E-state index in [0.29, 0.717) is 19.6 Å². The van der Waals surface area contributed by atoms with Gasteiger partial charge in [-0.2, -0.15) is 0 Å². The second-order valence-electron chi connectivity index (χ2n) is 3.03. The van der Waals surface area contributed by atoms with Crippen molar-refractivity contribution in [3.05, 3.63) is 0 Å². The lowest BCUT2D eigenvalue weighted by Gasteiger charge is -2.21. The van der Waals surface area contributed by atoms with Gasteiger partial charge in [0.05, 0.1) is 6.61 Å². The smallest absolute Gasteiger partial charge is 0.325 e. The van der Waals surface area contributed by atoms with E-state index in [4.69, 9.17) is 16.2 Å². The molecule has 0 aliphatic heterocycles. The Bertz CT molecular complexity index is 146. The lowest BCUT2D eigenvalue weighted by atomic mass is 9.97. The third kappa shape index (κ3) is 3.69. The summed E-state index contributed by atoms with van der Waals surface area (Å²) < 4.78 is 4.80. The number of hydrogen-bond donors (Lipinski definition) is 2. The van der Waals surface area contributed by atoms with Crippen LogP contribution in [0.5, 0.6) is 0 Å². The van der Waals surface area contributed by atoms with E-state index in [2.05, 4.69) is 0 Å². The third-order valence-electron chi connectivity index (χ3n) is 1.64. The minimum atomic E-state index is -0.880. The zero-order chi connectivity index (χ0) is 9.61. The zero-order valence-electron chi connectivity index (χ0n) is 7.80. The van der Waals surface area contributed by atoms with Gasteiger partial charge in [0.1, 0.15) is 5.54 Å². The highest BCUT2D eigenvalue weighted by Crippen LogP contribution is 2.09. The van der Waals surface area contributed by atoms with E-state index >= 15 is 0 Å². The van der Waals surface area contributed by atoms with Gasteiger partial charge in [-0.15, -0.1) is 0 Å². The van der Waals surface area contributed by atoms with Crippen LogP contribution in [0.2, 0.25) is 0 Å². The van der Waals surface area contributed by atoms with Gasteiger partial charge in [-0.05, 0) is 33.2 Å². The molecule has 0 rings (SSSR count). The molecule has 0 aromatic rings. The molecule has 0 heterocycles. The van der Waals surface area contributed by atoms with Crippen LogP contribution in [0, 0.1) is 0 Å². The molecule has 0 bridgehead atoms. The number of carbonyl (C=O) groups excluding carboxylic acids is 1. The van der Waals surface area contributed by atoms with Crippen molar-refractivity contribution in [2.24, 2.45) is 11.5 Å². The first-order valence-electron chi connectivity index (χ1n) is 4.20. The number of carbonyl (C=O) groups is 1. The third-order valence-corrected chi connectivity index (χ3v) is 1.64. The predicted molar refractivity (Wildman–Crippen MR) is 47.5 cm³/mol. The highest BCUT2D eigenvalue weighted by atomic mass is 16.5. The van der Waals surface area contributed by atoms with Gasteiger partial charge >= 0.3 is 5.97 Å². The fourth-order valence-corrected chi connectivity index (χ4v) is 0.867. The summed E-state index contributed by atoms with van der Waals surface area (Å²) in [5.41, 5.74) is 10.1. The summed E-state index contributed by atoms with van der Waals surface area (Å²) in [6, 6.07) is 0. The van der Waals surface area contributed by atoms with Crippen LogP contribution in [0.4, 0.5) is 0 Å². The van der Waals surface area contributed by atoms with Crippen molar-refractivity contribution >= 4 is 5.97 Å². The lowest BCUT2D eigenvalue weighted by molar-refractivity contribution is -0.149. The van der Waals surface area contributed by atoms with Crippen molar-refractivity contribution in [3.63, 3.8) is 0 Å². The van der Waals surface area contributed by atoms with Gasteiger partial charge in [0.25, 0.3) is 0 Å². The van der Waals surface area contributed by atoms with Crippen LogP contribution >= 0.6 is 0 Å². The van der Waals surface area contributed by atoms with Crippen LogP contribution in [0.1, 0.15) is 26.7 Å². The maximum atomic E-state index is 11.2. The van der Waals surface area contributed by atoms with Crippen LogP contribution in [-0.4, -0.2) is 24.7 Å². The Kier molecular flexibility index (Phi) is 4.85. The molecule has 4 nitrogen and oxygen atoms in total. The molecule has 0 aliphatic carbocycles. The minimum Gasteiger partial charge on any atom is -0.465 e. The molecular formula is C8H18N2O2. The topological polar surface area (TPSA) is 78.3 Å². The summed E-state index contributed by atoms with van der Waals surface area (Å²) in [6.07, 6.45) is 1.31. The Balaban J connectivity index is 3.90. The first-order valence-corrected chi connectivity index (χ1v) is 4.20. The summed E-state index contributed by atoms with van der Waals surface area (Å²) in [5.74, 6) is -0.349. The molecule has 0 unspecified atom stereocenters. The van der Waals surface area contributed by atoms with Crippen molar-refractivity contribution in [2.45, 2.75) is 32.2 Å². The number of ether oxygens (including phenoxy) is 1. The lowest BCUT2D eigenvalue weighted by Crippen LogP contribution is -2.46. The summed E-state index contributed by atoms with van der Waals surface area (Å²) >= 11 is 0. The van der Waals surface area contributed by atoms with Crippen LogP contribution in [0.25, 0.3) is 0 Å². The largest absolute Gasteiger partial charge is 0.465 e. The highest BCUT2D eigenvalue weighted by molar-refractivity contribution is 5.79. The average molecular weight is 174 g/mol. The molecule has 0 spiro atoms. The first kappa shape index (κ1) is 11.4. The van der Waals surface area contributed by atoms with E-state index in [1.807, 2.05) is 0 Å². The van der Waals surface area contributed by atoms with E-state index in [0.717, 1.165) is 6.42 Å². The standard InChI is InChI=1S/C8H18N2O2/c1-3-12-7(11)8(2,10)5-4-6-9/h3-6,9-10H2,1-2H3/t8-/m1/s1. The molecule has 0 aromatic carbocycles. The van der Waals surface area contributed by atoms with Crippen molar-refractivity contribution in [1.82, 2.24) is 0 Å². The van der Waals surface area contributed by atoms with Gasteiger partial charge < -0.3 is 16.2 Å². The molecule has 0 saturated heterocycles. The van der Waals surface area contributed by atoms with Crippen molar-refractivity contribution in [3.8, 4) is 0 Å². The Hall–Kier alpha value is -0.610. The fraction of sp³-hybridized carbons (Fsp3) is 0.875. The summed E-state index contributed by atoms with van der Waals surface area (Å²) in [5, 5.41) is 0. The highest BCUT2D eigenvalue weighted by Gasteiger charge is 2.28. The van der Waals surface area contributed by atoms with Gasteiger partial charge in [-0.3, -0.25) is 4.79 Å². The summed E-state index contributed by atoms with van der Waals surface area (Å²) in [4.78, 5) is 11.2. The van der Waals surface area contributed by atoms with Gasteiger partial charge in [0.2, 0.25) is 0 Å². The number of esters is 1. The first-order chi connectivity index (χ1) is 5.54. The molecule has 0 aromatic heterocycles. The summed E-state index contributed by atoms with van der Waals surface area (Å²) in [6.45, 7) is 4.35. The Morgan fingerprint density at radius 3 is 2.58 bits per heavy atom. The van der Waals surface area contributed by atoms with E-state index < -0.39 is 5.54 Å². The Labute approximate surface area is 73.2 Å². The Morgan fingerprint density at radius 2 is 2.17 bits per heavy atom. The quantitative estimate of drug-likeness (QED) is 0.575. The van der Waals surface area contributed by atoms with Crippen LogP contribution < -0.4 is 11.5 Å². The molecule has 4 heteroatoms. The second kappa shape index (κ2) is 5.11. The van der Waals surface area contributed by atoms with Crippen molar-refractivity contribution in [1.29, 1.82) is 0 Å². The van der Waals surface area contributed by atoms with Crippen LogP contribution in [-0.2, 0) is 9.53 Å². The maximum Gasteiger partial charge on any atom is 0.325 e. The van der Waals surface area contributed by atoms with E-state index in [-0.39, 0.29) is 5.97 Å². The normalized spacial score (nSPS) is 15.3. The predicted octanol–water partition coefficient (Wildman–Crippen LogP) is 0.00580. The molecular weight excluding hydrogens is 156 g/mol. The van der Waals surface area contributed by atoms with Gasteiger partial charge in [-0.25, -0.2) is 0 Å². The van der Waals surface area contributed by atoms with E-state index in [1.54, 1.807) is 13.8 Å². The van der Waals surface area contributed by atoms with Gasteiger partial charge in [0, 0.05) is 0 Å². The number of rotatable bonds is 5. The van der Waals surface area contributed by atoms with Gasteiger partial charge in [-0.1, -0.05) is 0 Å². The van der Waals surface area contributed by atoms with Gasteiger partial charge in [0.15, 0.2) is 0 Å². The molecule has 0 amide bonds. The number of nitrogens with two attached hydrogens (primary N) is 2. The SMILES string of the molecule is CCOC(=O)[C@](C)(N)CCCN. The molecule has 4 N–H and O–H groups in total. The molecule has 0 radical (unpaired) electrons. The molecule has 12 heavy (non-hydrogen) atoms. The maximum absolute atomic E-state index is 11.2. The molecule has 1 atom stereocenters. The minimum absolute atomic E-state index is 0.349. The fourth-order valence-electron chi connectivity index (χ4n) is 0.867. The molecule has 0 saturated carbocycles. The zero-order valence-corrected chi connectivity index (χ0v) is 7.80. The van der Waals surface area contributed by atoms with Crippen LogP contribution in [0.15, 0.2) is 0 Å². The monoisotopic (exact) mass is 174 g/mol. The summed E-state index contributed by atoms with van der Waals surface area (Å²) in [7, 11) is 0. The van der Waals surface area contributed by atoms with Crippen molar-refractivity contribution < 1.29 is 9.53 Å². The van der Waals surface area contributed by atoms with Crippen LogP contribution in [0.3, 0.4) is 0 Å². The molecule has 0 fully saturated rings. The van der Waals surface area contributed by atoms with E-state index in [1.165, 1.54) is 0 Å². The number of hydrogen-bond acceptors (Lipinski definition) is 4. The molecule has 72 valence electrons. The van der Waals surface area contributed by atoms with E-state index in [9.17, 15) is 4.79 Å². The van der Waals surface area contributed by atoms with Crippen molar-refractivity contribution in [2.75, 3.05) is 13.2 Å². The average Bonchev–Trinajstić information content (AvgIpc) is 2.01. The Morgan fingerprint density at radius 1 is 1.58 bits per heavy atom. The molecule has 0 aliphatic rings.